The number of aromatic hydroxyl groups is 1. The van der Waals surface area contributed by atoms with Gasteiger partial charge in [-0.1, -0.05) is 0 Å². The Morgan fingerprint density at radius 3 is 3.00 bits per heavy atom. The fraction of sp³-hybridized carbons (Fsp3) is 0.214. The van der Waals surface area contributed by atoms with E-state index in [1.54, 1.807) is 12.1 Å². The third kappa shape index (κ3) is 1.64. The van der Waals surface area contributed by atoms with Crippen molar-refractivity contribution in [3.8, 4) is 11.5 Å². The molecule has 0 bridgehead atoms. The molecule has 0 radical (unpaired) electrons. The summed E-state index contributed by atoms with van der Waals surface area (Å²) >= 11 is 0. The quantitative estimate of drug-likeness (QED) is 0.752. The van der Waals surface area contributed by atoms with E-state index in [0.717, 1.165) is 42.3 Å². The predicted molar refractivity (Wildman–Crippen MR) is 63.7 cm³/mol. The Bertz CT molecular complexity index is 553. The van der Waals surface area contributed by atoms with Crippen molar-refractivity contribution in [2.45, 2.75) is 19.3 Å². The average molecular weight is 228 g/mol. The lowest BCUT2D eigenvalue weighted by atomic mass is 9.91. The van der Waals surface area contributed by atoms with Crippen molar-refractivity contribution in [1.29, 1.82) is 0 Å². The van der Waals surface area contributed by atoms with Crippen LogP contribution < -0.4 is 4.74 Å². The Balaban J connectivity index is 2.15. The van der Waals surface area contributed by atoms with Crippen molar-refractivity contribution >= 4 is 12.4 Å². The van der Waals surface area contributed by atoms with E-state index in [2.05, 4.69) is 0 Å². The molecule has 0 spiro atoms. The van der Waals surface area contributed by atoms with Gasteiger partial charge in [0.1, 0.15) is 23.5 Å². The Labute approximate surface area is 99.0 Å². The fourth-order valence-corrected chi connectivity index (χ4v) is 2.31. The monoisotopic (exact) mass is 228 g/mol. The second kappa shape index (κ2) is 3.77. The molecular weight excluding hydrogens is 216 g/mol. The largest absolute Gasteiger partial charge is 0.508 e. The standard InChI is InChI=1S/C14H12O3/c15-8-11-3-1-2-10-6-9-4-5-12(16)7-13(9)17-14(10)11/h4-8,16H,1-3H2. The van der Waals surface area contributed by atoms with E-state index in [-0.39, 0.29) is 5.75 Å². The highest BCUT2D eigenvalue weighted by Crippen LogP contribution is 2.39. The van der Waals surface area contributed by atoms with Gasteiger partial charge >= 0.3 is 0 Å². The first kappa shape index (κ1) is 10.1. The third-order valence-electron chi connectivity index (χ3n) is 3.16. The summed E-state index contributed by atoms with van der Waals surface area (Å²) in [5.41, 5.74) is 2.75. The van der Waals surface area contributed by atoms with E-state index in [0.29, 0.717) is 11.5 Å². The number of aldehydes is 1. The summed E-state index contributed by atoms with van der Waals surface area (Å²) in [6, 6.07) is 5.04. The number of ether oxygens (including phenoxy) is 1. The van der Waals surface area contributed by atoms with Crippen LogP contribution in [0.4, 0.5) is 0 Å². The molecule has 0 amide bonds. The summed E-state index contributed by atoms with van der Waals surface area (Å²) < 4.78 is 5.74. The molecule has 3 heteroatoms. The van der Waals surface area contributed by atoms with E-state index < -0.39 is 0 Å². The van der Waals surface area contributed by atoms with E-state index in [9.17, 15) is 9.90 Å². The molecule has 3 nitrogen and oxygen atoms in total. The zero-order chi connectivity index (χ0) is 11.8. The first-order chi connectivity index (χ1) is 8.28. The summed E-state index contributed by atoms with van der Waals surface area (Å²) in [6.07, 6.45) is 5.60. The molecule has 0 unspecified atom stereocenters. The molecule has 0 fully saturated rings. The van der Waals surface area contributed by atoms with Crippen molar-refractivity contribution in [3.63, 3.8) is 0 Å². The number of benzene rings is 1. The van der Waals surface area contributed by atoms with Crippen LogP contribution in [0.25, 0.3) is 6.08 Å². The maximum Gasteiger partial charge on any atom is 0.149 e. The number of allylic oxidation sites excluding steroid dienone is 2. The van der Waals surface area contributed by atoms with Crippen molar-refractivity contribution in [1.82, 2.24) is 0 Å². The molecule has 0 aromatic heterocycles. The topological polar surface area (TPSA) is 46.5 Å². The molecule has 3 rings (SSSR count). The molecule has 0 atom stereocenters. The van der Waals surface area contributed by atoms with Crippen LogP contribution in [-0.2, 0) is 4.79 Å². The van der Waals surface area contributed by atoms with Crippen LogP contribution in [-0.4, -0.2) is 11.4 Å². The lowest BCUT2D eigenvalue weighted by Crippen LogP contribution is -2.13. The van der Waals surface area contributed by atoms with E-state index in [1.165, 1.54) is 0 Å². The summed E-state index contributed by atoms with van der Waals surface area (Å²) in [6.45, 7) is 0. The minimum atomic E-state index is 0.171. The van der Waals surface area contributed by atoms with Gasteiger partial charge in [-0.05, 0) is 43.0 Å². The summed E-state index contributed by atoms with van der Waals surface area (Å²) in [5, 5.41) is 9.42. The zero-order valence-electron chi connectivity index (χ0n) is 9.27. The van der Waals surface area contributed by atoms with E-state index in [4.69, 9.17) is 4.74 Å². The number of fused-ring (bicyclic) bond motifs is 2. The van der Waals surface area contributed by atoms with Gasteiger partial charge in [0.05, 0.1) is 0 Å². The molecule has 86 valence electrons. The van der Waals surface area contributed by atoms with Crippen LogP contribution in [0.1, 0.15) is 24.8 Å². The smallest absolute Gasteiger partial charge is 0.149 e. The molecule has 0 saturated heterocycles. The number of phenols is 1. The van der Waals surface area contributed by atoms with Gasteiger partial charge in [0.2, 0.25) is 0 Å². The maximum atomic E-state index is 11.0. The van der Waals surface area contributed by atoms with Crippen LogP contribution in [0.3, 0.4) is 0 Å². The van der Waals surface area contributed by atoms with Gasteiger partial charge in [-0.2, -0.15) is 0 Å². The number of rotatable bonds is 1. The minimum Gasteiger partial charge on any atom is -0.508 e. The lowest BCUT2D eigenvalue weighted by molar-refractivity contribution is -0.105. The predicted octanol–water partition coefficient (Wildman–Crippen LogP) is 2.80. The highest BCUT2D eigenvalue weighted by atomic mass is 16.5. The van der Waals surface area contributed by atoms with Crippen molar-refractivity contribution in [2.75, 3.05) is 0 Å². The Hall–Kier alpha value is -2.03. The molecule has 1 aliphatic heterocycles. The molecule has 1 aromatic rings. The van der Waals surface area contributed by atoms with Crippen molar-refractivity contribution in [2.24, 2.45) is 0 Å². The van der Waals surface area contributed by atoms with Gasteiger partial charge in [0, 0.05) is 17.2 Å². The van der Waals surface area contributed by atoms with Crippen LogP contribution in [0.15, 0.2) is 35.1 Å². The average Bonchev–Trinajstić information content (AvgIpc) is 2.35. The molecule has 17 heavy (non-hydrogen) atoms. The normalized spacial score (nSPS) is 17.8. The fourth-order valence-electron chi connectivity index (χ4n) is 2.31. The first-order valence-corrected chi connectivity index (χ1v) is 5.68. The molecule has 1 heterocycles. The summed E-state index contributed by atoms with van der Waals surface area (Å²) in [5.74, 6) is 1.47. The van der Waals surface area contributed by atoms with Gasteiger partial charge < -0.3 is 9.84 Å². The lowest BCUT2D eigenvalue weighted by Gasteiger charge is -2.25. The number of phenolic OH excluding ortho intramolecular Hbond substituents is 1. The maximum absolute atomic E-state index is 11.0. The Kier molecular flexibility index (Phi) is 2.25. The van der Waals surface area contributed by atoms with Crippen LogP contribution in [0, 0.1) is 0 Å². The van der Waals surface area contributed by atoms with E-state index >= 15 is 0 Å². The first-order valence-electron chi connectivity index (χ1n) is 5.68. The minimum absolute atomic E-state index is 0.171. The molecule has 1 aromatic carbocycles. The molecule has 1 N–H and O–H groups in total. The summed E-state index contributed by atoms with van der Waals surface area (Å²) in [4.78, 5) is 11.0. The second-order valence-corrected chi connectivity index (χ2v) is 4.32. The number of carbonyl (C=O) groups excluding carboxylic acids is 1. The number of hydrogen-bond acceptors (Lipinski definition) is 3. The van der Waals surface area contributed by atoms with Gasteiger partial charge in [-0.25, -0.2) is 0 Å². The van der Waals surface area contributed by atoms with Gasteiger partial charge in [0.15, 0.2) is 0 Å². The van der Waals surface area contributed by atoms with Crippen molar-refractivity contribution < 1.29 is 14.6 Å². The van der Waals surface area contributed by atoms with Crippen molar-refractivity contribution in [3.05, 3.63) is 40.7 Å². The number of hydrogen-bond donors (Lipinski definition) is 1. The molecule has 1 aliphatic carbocycles. The van der Waals surface area contributed by atoms with Crippen LogP contribution in [0.5, 0.6) is 11.5 Å². The Morgan fingerprint density at radius 1 is 1.29 bits per heavy atom. The van der Waals surface area contributed by atoms with E-state index in [1.807, 2.05) is 12.1 Å². The van der Waals surface area contributed by atoms with Gasteiger partial charge in [0.25, 0.3) is 0 Å². The molecule has 2 aliphatic rings. The van der Waals surface area contributed by atoms with Gasteiger partial charge in [-0.3, -0.25) is 4.79 Å². The molecule has 0 saturated carbocycles. The third-order valence-corrected chi connectivity index (χ3v) is 3.16. The van der Waals surface area contributed by atoms with Crippen LogP contribution >= 0.6 is 0 Å². The number of carbonyl (C=O) groups is 1. The highest BCUT2D eigenvalue weighted by molar-refractivity contribution is 5.79. The van der Waals surface area contributed by atoms with Crippen LogP contribution in [0.2, 0.25) is 0 Å². The summed E-state index contributed by atoms with van der Waals surface area (Å²) in [7, 11) is 0. The molecular formula is C14H12O3. The Morgan fingerprint density at radius 2 is 2.18 bits per heavy atom. The van der Waals surface area contributed by atoms with Gasteiger partial charge in [-0.15, -0.1) is 0 Å². The SMILES string of the molecule is O=CC1=C2Oc3cc(O)ccc3C=C2CCC1. The highest BCUT2D eigenvalue weighted by Gasteiger charge is 2.24. The second-order valence-electron chi connectivity index (χ2n) is 4.32. The zero-order valence-corrected chi connectivity index (χ0v) is 9.27.